The first kappa shape index (κ1) is 19.5. The quantitative estimate of drug-likeness (QED) is 0.524. The Morgan fingerprint density at radius 1 is 1.17 bits per heavy atom. The second kappa shape index (κ2) is 7.90. The van der Waals surface area contributed by atoms with Crippen molar-refractivity contribution >= 4 is 22.6 Å². The van der Waals surface area contributed by atoms with Crippen LogP contribution in [0.5, 0.6) is 5.88 Å². The van der Waals surface area contributed by atoms with Crippen LogP contribution in [0.25, 0.3) is 16.9 Å². The number of anilines is 1. The van der Waals surface area contributed by atoms with Crippen LogP contribution >= 0.6 is 0 Å². The highest BCUT2D eigenvalue weighted by atomic mass is 16.5. The Kier molecular flexibility index (Phi) is 5.13. The van der Waals surface area contributed by atoms with Gasteiger partial charge in [0, 0.05) is 17.5 Å². The number of fused-ring (bicyclic) bond motifs is 1. The van der Waals surface area contributed by atoms with Crippen molar-refractivity contribution in [2.24, 2.45) is 0 Å². The van der Waals surface area contributed by atoms with Crippen molar-refractivity contribution in [2.45, 2.75) is 33.2 Å². The number of pyridine rings is 1. The second-order valence-electron chi connectivity index (χ2n) is 6.98. The molecule has 10 heteroatoms. The van der Waals surface area contributed by atoms with Crippen molar-refractivity contribution in [3.63, 3.8) is 0 Å². The summed E-state index contributed by atoms with van der Waals surface area (Å²) in [5.41, 5.74) is 2.57. The molecule has 0 saturated heterocycles. The van der Waals surface area contributed by atoms with Gasteiger partial charge in [0.15, 0.2) is 11.5 Å². The van der Waals surface area contributed by atoms with Gasteiger partial charge >= 0.3 is 0 Å². The van der Waals surface area contributed by atoms with Crippen molar-refractivity contribution in [3.05, 3.63) is 48.0 Å². The van der Waals surface area contributed by atoms with E-state index in [1.807, 2.05) is 31.5 Å². The van der Waals surface area contributed by atoms with Gasteiger partial charge in [-0.15, -0.1) is 10.2 Å². The first-order chi connectivity index (χ1) is 14.5. The van der Waals surface area contributed by atoms with Gasteiger partial charge in [-0.1, -0.05) is 6.92 Å². The van der Waals surface area contributed by atoms with Crippen LogP contribution in [0.1, 0.15) is 42.9 Å². The molecule has 4 aromatic rings. The Hall–Kier alpha value is -3.82. The number of methoxy groups -OCH3 is 1. The summed E-state index contributed by atoms with van der Waals surface area (Å²) >= 11 is 0. The van der Waals surface area contributed by atoms with Crippen molar-refractivity contribution in [1.82, 2.24) is 34.7 Å². The molecule has 0 radical (unpaired) electrons. The number of aromatic nitrogens is 7. The van der Waals surface area contributed by atoms with E-state index in [1.54, 1.807) is 29.2 Å². The number of amides is 1. The van der Waals surface area contributed by atoms with Crippen molar-refractivity contribution in [1.29, 1.82) is 0 Å². The lowest BCUT2D eigenvalue weighted by Crippen LogP contribution is -2.15. The zero-order valence-corrected chi connectivity index (χ0v) is 17.2. The maximum absolute atomic E-state index is 12.9. The largest absolute Gasteiger partial charge is 0.480 e. The van der Waals surface area contributed by atoms with Crippen LogP contribution in [-0.4, -0.2) is 47.8 Å². The fourth-order valence-electron chi connectivity index (χ4n) is 3.22. The zero-order chi connectivity index (χ0) is 21.3. The van der Waals surface area contributed by atoms with E-state index in [9.17, 15) is 4.79 Å². The molecule has 0 aromatic carbocycles. The monoisotopic (exact) mass is 406 g/mol. The lowest BCUT2D eigenvalue weighted by atomic mass is 10.2. The lowest BCUT2D eigenvalue weighted by molar-refractivity contribution is 0.102. The molecule has 30 heavy (non-hydrogen) atoms. The molecule has 0 unspecified atom stereocenters. The van der Waals surface area contributed by atoms with Gasteiger partial charge in [-0.25, -0.2) is 14.3 Å². The van der Waals surface area contributed by atoms with Crippen LogP contribution < -0.4 is 10.1 Å². The third-order valence-electron chi connectivity index (χ3n) is 4.68. The minimum Gasteiger partial charge on any atom is -0.480 e. The molecule has 0 aliphatic carbocycles. The summed E-state index contributed by atoms with van der Waals surface area (Å²) in [6, 6.07) is 5.50. The maximum atomic E-state index is 12.9. The highest BCUT2D eigenvalue weighted by molar-refractivity contribution is 6.05. The molecule has 0 aliphatic rings. The van der Waals surface area contributed by atoms with Crippen molar-refractivity contribution in [3.8, 4) is 11.7 Å². The minimum atomic E-state index is -0.267. The van der Waals surface area contributed by atoms with Crippen LogP contribution in [0.4, 0.5) is 5.69 Å². The third-order valence-corrected chi connectivity index (χ3v) is 4.68. The Morgan fingerprint density at radius 3 is 2.67 bits per heavy atom. The van der Waals surface area contributed by atoms with Gasteiger partial charge in [0.25, 0.3) is 5.91 Å². The third kappa shape index (κ3) is 3.47. The standard InChI is InChI=1S/C20H22N8O2/c1-5-16-15(11-23-28(16)17-6-7-18(30-4)26-25-17)20(29)24-14-8-13-9-22-27(12(2)3)19(13)21-10-14/h6-12H,5H2,1-4H3,(H,24,29). The Labute approximate surface area is 172 Å². The average molecular weight is 406 g/mol. The van der Waals surface area contributed by atoms with Gasteiger partial charge in [-0.3, -0.25) is 4.79 Å². The summed E-state index contributed by atoms with van der Waals surface area (Å²) in [7, 11) is 1.53. The molecule has 4 heterocycles. The second-order valence-corrected chi connectivity index (χ2v) is 6.98. The highest BCUT2D eigenvalue weighted by Gasteiger charge is 2.19. The molecule has 0 fully saturated rings. The molecule has 154 valence electrons. The SMILES string of the molecule is CCc1c(C(=O)Nc2cnc3c(cnn3C(C)C)c2)cnn1-c1ccc(OC)nn1. The fourth-order valence-corrected chi connectivity index (χ4v) is 3.22. The minimum absolute atomic E-state index is 0.203. The van der Waals surface area contributed by atoms with Gasteiger partial charge in [-0.05, 0) is 32.4 Å². The molecule has 0 bridgehead atoms. The first-order valence-electron chi connectivity index (χ1n) is 9.61. The summed E-state index contributed by atoms with van der Waals surface area (Å²) in [6.45, 7) is 6.04. The summed E-state index contributed by atoms with van der Waals surface area (Å²) in [5, 5.41) is 20.5. The molecule has 4 rings (SSSR count). The average Bonchev–Trinajstić information content (AvgIpc) is 3.37. The number of ether oxygens (including phenoxy) is 1. The smallest absolute Gasteiger partial charge is 0.259 e. The first-order valence-corrected chi connectivity index (χ1v) is 9.61. The molecule has 1 N–H and O–H groups in total. The van der Waals surface area contributed by atoms with Crippen LogP contribution in [0.2, 0.25) is 0 Å². The lowest BCUT2D eigenvalue weighted by Gasteiger charge is -2.09. The maximum Gasteiger partial charge on any atom is 0.259 e. The van der Waals surface area contributed by atoms with Crippen molar-refractivity contribution in [2.75, 3.05) is 12.4 Å². The van der Waals surface area contributed by atoms with E-state index < -0.39 is 0 Å². The molecule has 0 aliphatic heterocycles. The van der Waals surface area contributed by atoms with Crippen LogP contribution in [0.15, 0.2) is 36.8 Å². The molecule has 10 nitrogen and oxygen atoms in total. The van der Waals surface area contributed by atoms with E-state index >= 15 is 0 Å². The predicted octanol–water partition coefficient (Wildman–Crippen LogP) is 2.81. The number of hydrogen-bond acceptors (Lipinski definition) is 7. The highest BCUT2D eigenvalue weighted by Crippen LogP contribution is 2.21. The van der Waals surface area contributed by atoms with E-state index in [-0.39, 0.29) is 11.9 Å². The van der Waals surface area contributed by atoms with E-state index in [0.717, 1.165) is 16.7 Å². The predicted molar refractivity (Wildman–Crippen MR) is 111 cm³/mol. The van der Waals surface area contributed by atoms with Crippen LogP contribution in [0.3, 0.4) is 0 Å². The molecule has 0 saturated carbocycles. The Bertz CT molecular complexity index is 1190. The molecule has 0 atom stereocenters. The fraction of sp³-hybridized carbons (Fsp3) is 0.300. The summed E-state index contributed by atoms with van der Waals surface area (Å²) in [5.74, 6) is 0.651. The summed E-state index contributed by atoms with van der Waals surface area (Å²) in [6.07, 6.45) is 5.50. The topological polar surface area (TPSA) is 113 Å². The Morgan fingerprint density at radius 2 is 2.00 bits per heavy atom. The van der Waals surface area contributed by atoms with E-state index in [2.05, 4.69) is 30.7 Å². The van der Waals surface area contributed by atoms with Crippen LogP contribution in [0, 0.1) is 0 Å². The number of carbonyl (C=O) groups is 1. The van der Waals surface area contributed by atoms with E-state index in [1.165, 1.54) is 13.3 Å². The zero-order valence-electron chi connectivity index (χ0n) is 17.2. The number of nitrogens with one attached hydrogen (secondary N) is 1. The van der Waals surface area contributed by atoms with Gasteiger partial charge in [0.1, 0.15) is 0 Å². The number of hydrogen-bond donors (Lipinski definition) is 1. The molecular weight excluding hydrogens is 384 g/mol. The van der Waals surface area contributed by atoms with Crippen LogP contribution in [-0.2, 0) is 6.42 Å². The van der Waals surface area contributed by atoms with Gasteiger partial charge in [-0.2, -0.15) is 10.2 Å². The van der Waals surface area contributed by atoms with E-state index in [4.69, 9.17) is 4.74 Å². The molecule has 1 amide bonds. The summed E-state index contributed by atoms with van der Waals surface area (Å²) in [4.78, 5) is 17.4. The Balaban J connectivity index is 1.60. The molecule has 0 spiro atoms. The van der Waals surface area contributed by atoms with Gasteiger partial charge in [0.05, 0.1) is 42.6 Å². The molecule has 4 aromatic heterocycles. The number of carbonyl (C=O) groups excluding carboxylic acids is 1. The van der Waals surface area contributed by atoms with E-state index in [0.29, 0.717) is 29.4 Å². The summed E-state index contributed by atoms with van der Waals surface area (Å²) < 4.78 is 8.49. The normalized spacial score (nSPS) is 11.2. The van der Waals surface area contributed by atoms with Gasteiger partial charge in [0.2, 0.25) is 5.88 Å². The number of rotatable bonds is 6. The number of nitrogens with zero attached hydrogens (tertiary/aromatic N) is 7. The van der Waals surface area contributed by atoms with Gasteiger partial charge < -0.3 is 10.1 Å². The molecular formula is C20H22N8O2. The van der Waals surface area contributed by atoms with Crippen molar-refractivity contribution < 1.29 is 9.53 Å².